The third-order valence-corrected chi connectivity index (χ3v) is 4.27. The van der Waals surface area contributed by atoms with Gasteiger partial charge in [0.25, 0.3) is 0 Å². The van der Waals surface area contributed by atoms with Crippen molar-refractivity contribution in [3.8, 4) is 17.2 Å². The number of para-hydroxylation sites is 1. The Bertz CT molecular complexity index is 1050. The summed E-state index contributed by atoms with van der Waals surface area (Å²) in [5.74, 6) is 0.775. The summed E-state index contributed by atoms with van der Waals surface area (Å²) in [7, 11) is 3.09. The Morgan fingerprint density at radius 2 is 1.86 bits per heavy atom. The number of nitrogens with one attached hydrogen (secondary N) is 1. The minimum atomic E-state index is -0.561. The molecule has 0 aliphatic heterocycles. The molecule has 1 N–H and O–H groups in total. The summed E-state index contributed by atoms with van der Waals surface area (Å²) in [5, 5.41) is 10.6. The monoisotopic (exact) mass is 403 g/mol. The first-order valence-electron chi connectivity index (χ1n) is 8.29. The van der Waals surface area contributed by atoms with Crippen molar-refractivity contribution in [3.63, 3.8) is 0 Å². The zero-order valence-electron chi connectivity index (χ0n) is 15.3. The second kappa shape index (κ2) is 8.57. The largest absolute Gasteiger partial charge is 0.493 e. The van der Waals surface area contributed by atoms with Gasteiger partial charge in [0.1, 0.15) is 6.54 Å². The summed E-state index contributed by atoms with van der Waals surface area (Å²) in [5.41, 5.74) is 0.651. The normalized spacial score (nSPS) is 10.5. The molecule has 0 bridgehead atoms. The lowest BCUT2D eigenvalue weighted by Gasteiger charge is -2.10. The van der Waals surface area contributed by atoms with Gasteiger partial charge in [0.05, 0.1) is 24.9 Å². The van der Waals surface area contributed by atoms with Crippen LogP contribution >= 0.6 is 11.6 Å². The number of amides is 1. The highest BCUT2D eigenvalue weighted by atomic mass is 35.5. The van der Waals surface area contributed by atoms with Gasteiger partial charge in [0.15, 0.2) is 11.5 Å². The first kappa shape index (κ1) is 19.4. The molecule has 0 unspecified atom stereocenters. The fraction of sp³-hybridized carbons (Fsp3) is 0.222. The van der Waals surface area contributed by atoms with Gasteiger partial charge in [0, 0.05) is 6.54 Å². The van der Waals surface area contributed by atoms with E-state index in [9.17, 15) is 9.59 Å². The predicted molar refractivity (Wildman–Crippen MR) is 102 cm³/mol. The van der Waals surface area contributed by atoms with E-state index in [0.717, 1.165) is 14.9 Å². The van der Waals surface area contributed by atoms with Crippen molar-refractivity contribution < 1.29 is 14.3 Å². The van der Waals surface area contributed by atoms with Crippen LogP contribution < -0.4 is 20.5 Å². The minimum absolute atomic E-state index is 0.257. The van der Waals surface area contributed by atoms with Crippen LogP contribution in [0.4, 0.5) is 0 Å². The highest BCUT2D eigenvalue weighted by molar-refractivity contribution is 6.32. The Labute approximate surface area is 165 Å². The summed E-state index contributed by atoms with van der Waals surface area (Å²) in [6, 6.07) is 12.1. The van der Waals surface area contributed by atoms with Gasteiger partial charge in [0.2, 0.25) is 5.91 Å². The van der Waals surface area contributed by atoms with Crippen molar-refractivity contribution in [1.82, 2.24) is 25.1 Å². The molecule has 28 heavy (non-hydrogen) atoms. The van der Waals surface area contributed by atoms with E-state index in [0.29, 0.717) is 22.2 Å². The minimum Gasteiger partial charge on any atom is -0.493 e. The summed E-state index contributed by atoms with van der Waals surface area (Å²) >= 11 is 6.07. The zero-order chi connectivity index (χ0) is 20.1. The number of aromatic nitrogens is 4. The van der Waals surface area contributed by atoms with Gasteiger partial charge in [-0.15, -0.1) is 0 Å². The van der Waals surface area contributed by atoms with Crippen LogP contribution in [0, 0.1) is 0 Å². The fourth-order valence-corrected chi connectivity index (χ4v) is 2.75. The fourth-order valence-electron chi connectivity index (χ4n) is 2.53. The molecule has 1 aromatic heterocycles. The molecule has 1 heterocycles. The van der Waals surface area contributed by atoms with Crippen molar-refractivity contribution in [1.29, 1.82) is 0 Å². The maximum absolute atomic E-state index is 12.4. The van der Waals surface area contributed by atoms with Gasteiger partial charge in [-0.3, -0.25) is 4.79 Å². The molecule has 0 atom stereocenters. The number of hydrogen-bond donors (Lipinski definition) is 1. The molecule has 146 valence electrons. The first-order valence-corrected chi connectivity index (χ1v) is 8.66. The van der Waals surface area contributed by atoms with Crippen LogP contribution in [-0.2, 0) is 17.9 Å². The second-order valence-corrected chi connectivity index (χ2v) is 6.16. The van der Waals surface area contributed by atoms with E-state index in [1.54, 1.807) is 43.5 Å². The summed E-state index contributed by atoms with van der Waals surface area (Å²) in [6.45, 7) is -0.0107. The van der Waals surface area contributed by atoms with Gasteiger partial charge in [-0.2, -0.15) is 9.36 Å². The molecule has 3 aromatic rings. The summed E-state index contributed by atoms with van der Waals surface area (Å²) in [4.78, 5) is 24.6. The van der Waals surface area contributed by atoms with Crippen LogP contribution in [0.1, 0.15) is 5.56 Å². The lowest BCUT2D eigenvalue weighted by molar-refractivity contribution is -0.122. The number of rotatable bonds is 7. The molecule has 0 fully saturated rings. The zero-order valence-corrected chi connectivity index (χ0v) is 16.0. The predicted octanol–water partition coefficient (Wildman–Crippen LogP) is 1.42. The van der Waals surface area contributed by atoms with Crippen molar-refractivity contribution in [3.05, 3.63) is 63.5 Å². The quantitative estimate of drug-likeness (QED) is 0.640. The maximum atomic E-state index is 12.4. The number of nitrogens with zero attached hydrogens (tertiary/aromatic N) is 4. The van der Waals surface area contributed by atoms with E-state index >= 15 is 0 Å². The summed E-state index contributed by atoms with van der Waals surface area (Å²) in [6.07, 6.45) is 0. The van der Waals surface area contributed by atoms with Crippen LogP contribution in [0.2, 0.25) is 5.02 Å². The van der Waals surface area contributed by atoms with Crippen molar-refractivity contribution in [2.45, 2.75) is 13.1 Å². The number of halogens is 1. The van der Waals surface area contributed by atoms with E-state index in [1.807, 2.05) is 6.07 Å². The number of hydrogen-bond acceptors (Lipinski definition) is 6. The maximum Gasteiger partial charge on any atom is 0.369 e. The molecule has 0 spiro atoms. The number of ether oxygens (including phenoxy) is 2. The average molecular weight is 404 g/mol. The van der Waals surface area contributed by atoms with Gasteiger partial charge < -0.3 is 14.8 Å². The van der Waals surface area contributed by atoms with Crippen molar-refractivity contribution >= 4 is 17.5 Å². The van der Waals surface area contributed by atoms with Crippen LogP contribution in [-0.4, -0.2) is 39.9 Å². The van der Waals surface area contributed by atoms with E-state index in [2.05, 4.69) is 15.7 Å². The molecule has 0 aliphatic carbocycles. The summed E-state index contributed by atoms with van der Waals surface area (Å²) < 4.78 is 12.4. The van der Waals surface area contributed by atoms with Crippen LogP contribution in [0.3, 0.4) is 0 Å². The molecule has 9 nitrogen and oxygen atoms in total. The molecule has 2 aromatic carbocycles. The van der Waals surface area contributed by atoms with Gasteiger partial charge in [-0.05, 0) is 40.3 Å². The molecule has 0 saturated heterocycles. The number of benzene rings is 2. The van der Waals surface area contributed by atoms with E-state index in [1.165, 1.54) is 7.11 Å². The number of tetrazole rings is 1. The van der Waals surface area contributed by atoms with E-state index < -0.39 is 5.69 Å². The molecule has 1 amide bonds. The molecule has 0 saturated carbocycles. The highest BCUT2D eigenvalue weighted by Crippen LogP contribution is 2.27. The first-order chi connectivity index (χ1) is 13.5. The third kappa shape index (κ3) is 4.15. The Morgan fingerprint density at radius 1 is 1.11 bits per heavy atom. The standard InChI is InChI=1S/C18H18ClN5O4/c1-27-15-8-7-12(9-16(15)28-2)10-20-17(25)11-23-18(26)24(22-21-23)14-6-4-3-5-13(14)19/h3-9H,10-11H2,1-2H3,(H,20,25). The Morgan fingerprint density at radius 3 is 2.57 bits per heavy atom. The molecular weight excluding hydrogens is 386 g/mol. The topological polar surface area (TPSA) is 100 Å². The van der Waals surface area contributed by atoms with E-state index in [4.69, 9.17) is 21.1 Å². The van der Waals surface area contributed by atoms with Crippen molar-refractivity contribution in [2.75, 3.05) is 14.2 Å². The molecule has 3 rings (SSSR count). The molecule has 0 aliphatic rings. The third-order valence-electron chi connectivity index (χ3n) is 3.95. The van der Waals surface area contributed by atoms with Gasteiger partial charge >= 0.3 is 5.69 Å². The molecular formula is C18H18ClN5O4. The average Bonchev–Trinajstić information content (AvgIpc) is 3.06. The van der Waals surface area contributed by atoms with Crippen LogP contribution in [0.15, 0.2) is 47.3 Å². The molecule has 10 heteroatoms. The second-order valence-electron chi connectivity index (χ2n) is 5.75. The lowest BCUT2D eigenvalue weighted by atomic mass is 10.2. The Kier molecular flexibility index (Phi) is 5.95. The van der Waals surface area contributed by atoms with Gasteiger partial charge in [-0.25, -0.2) is 4.79 Å². The SMILES string of the molecule is COc1ccc(CNC(=O)Cn2nnn(-c3ccccc3Cl)c2=O)cc1OC. The van der Waals surface area contributed by atoms with Crippen LogP contribution in [0.25, 0.3) is 5.69 Å². The number of methoxy groups -OCH3 is 2. The van der Waals surface area contributed by atoms with Crippen molar-refractivity contribution in [2.24, 2.45) is 0 Å². The lowest BCUT2D eigenvalue weighted by Crippen LogP contribution is -2.33. The highest BCUT2D eigenvalue weighted by Gasteiger charge is 2.14. The van der Waals surface area contributed by atoms with Crippen LogP contribution in [0.5, 0.6) is 11.5 Å². The Balaban J connectivity index is 1.66. The smallest absolute Gasteiger partial charge is 0.369 e. The number of carbonyl (C=O) groups is 1. The number of carbonyl (C=O) groups excluding carboxylic acids is 1. The van der Waals surface area contributed by atoms with Gasteiger partial charge in [-0.1, -0.05) is 29.8 Å². The van der Waals surface area contributed by atoms with E-state index in [-0.39, 0.29) is 19.0 Å². The Hall–Kier alpha value is -3.33. The molecule has 0 radical (unpaired) electrons.